The highest BCUT2D eigenvalue weighted by Crippen LogP contribution is 2.25. The van der Waals surface area contributed by atoms with Crippen LogP contribution in [0.4, 0.5) is 5.69 Å². The van der Waals surface area contributed by atoms with E-state index in [2.05, 4.69) is 4.74 Å². The second-order valence-corrected chi connectivity index (χ2v) is 2.99. The topological polar surface area (TPSA) is 70.8 Å². The van der Waals surface area contributed by atoms with Gasteiger partial charge in [0.15, 0.2) is 6.79 Å². The summed E-state index contributed by atoms with van der Waals surface area (Å²) in [4.78, 5) is 11.7. The standard InChI is InChI=1S/C11H15NO4/c1-3-15-9-6-4-5-8(12)10(9)11(13)16-7-14-2/h4-6H,3,7,12H2,1-2H3. The average Bonchev–Trinajstić information content (AvgIpc) is 2.26. The van der Waals surface area contributed by atoms with Gasteiger partial charge < -0.3 is 19.9 Å². The normalized spacial score (nSPS) is 9.88. The Balaban J connectivity index is 2.95. The summed E-state index contributed by atoms with van der Waals surface area (Å²) < 4.78 is 14.8. The van der Waals surface area contributed by atoms with Gasteiger partial charge in [0, 0.05) is 12.8 Å². The molecule has 0 saturated heterocycles. The van der Waals surface area contributed by atoms with Crippen LogP contribution in [0.25, 0.3) is 0 Å². The van der Waals surface area contributed by atoms with E-state index in [9.17, 15) is 4.79 Å². The first kappa shape index (κ1) is 12.3. The van der Waals surface area contributed by atoms with Crippen LogP contribution >= 0.6 is 0 Å². The number of carbonyl (C=O) groups excluding carboxylic acids is 1. The van der Waals surface area contributed by atoms with Gasteiger partial charge in [-0.2, -0.15) is 0 Å². The van der Waals surface area contributed by atoms with Crippen molar-refractivity contribution in [1.82, 2.24) is 0 Å². The van der Waals surface area contributed by atoms with Crippen molar-refractivity contribution in [2.24, 2.45) is 0 Å². The second kappa shape index (κ2) is 5.97. The van der Waals surface area contributed by atoms with Crippen molar-refractivity contribution < 1.29 is 19.0 Å². The van der Waals surface area contributed by atoms with Crippen LogP contribution in [0.1, 0.15) is 17.3 Å². The van der Waals surface area contributed by atoms with Gasteiger partial charge >= 0.3 is 5.97 Å². The molecule has 0 fully saturated rings. The fraction of sp³-hybridized carbons (Fsp3) is 0.364. The van der Waals surface area contributed by atoms with E-state index in [1.54, 1.807) is 18.2 Å². The van der Waals surface area contributed by atoms with Crippen LogP contribution in [-0.2, 0) is 9.47 Å². The maximum atomic E-state index is 11.7. The minimum atomic E-state index is -0.552. The lowest BCUT2D eigenvalue weighted by Gasteiger charge is -2.11. The van der Waals surface area contributed by atoms with Gasteiger partial charge in [0.2, 0.25) is 0 Å². The van der Waals surface area contributed by atoms with Crippen LogP contribution in [0, 0.1) is 0 Å². The molecule has 2 N–H and O–H groups in total. The van der Waals surface area contributed by atoms with Gasteiger partial charge in [-0.15, -0.1) is 0 Å². The lowest BCUT2D eigenvalue weighted by atomic mass is 10.1. The van der Waals surface area contributed by atoms with Crippen molar-refractivity contribution in [1.29, 1.82) is 0 Å². The van der Waals surface area contributed by atoms with Crippen LogP contribution in [0.5, 0.6) is 5.75 Å². The molecule has 0 bridgehead atoms. The Bertz CT molecular complexity index is 365. The zero-order valence-corrected chi connectivity index (χ0v) is 9.36. The summed E-state index contributed by atoms with van der Waals surface area (Å²) in [6.07, 6.45) is 0. The van der Waals surface area contributed by atoms with Gasteiger partial charge in [0.05, 0.1) is 6.61 Å². The predicted octanol–water partition coefficient (Wildman–Crippen LogP) is 1.43. The Hall–Kier alpha value is -1.75. The van der Waals surface area contributed by atoms with E-state index < -0.39 is 5.97 Å². The zero-order chi connectivity index (χ0) is 12.0. The van der Waals surface area contributed by atoms with Crippen molar-refractivity contribution in [2.45, 2.75) is 6.92 Å². The molecule has 5 nitrogen and oxygen atoms in total. The molecule has 5 heteroatoms. The number of rotatable bonds is 5. The Morgan fingerprint density at radius 2 is 2.19 bits per heavy atom. The monoisotopic (exact) mass is 225 g/mol. The van der Waals surface area contributed by atoms with Crippen molar-refractivity contribution in [3.05, 3.63) is 23.8 Å². The van der Waals surface area contributed by atoms with Crippen molar-refractivity contribution in [3.8, 4) is 5.75 Å². The molecule has 1 aromatic carbocycles. The molecule has 0 aromatic heterocycles. The molecule has 0 radical (unpaired) electrons. The van der Waals surface area contributed by atoms with E-state index in [0.29, 0.717) is 18.0 Å². The average molecular weight is 225 g/mol. The summed E-state index contributed by atoms with van der Waals surface area (Å²) in [5, 5.41) is 0. The minimum absolute atomic E-state index is 0.112. The highest BCUT2D eigenvalue weighted by molar-refractivity contribution is 5.98. The number of hydrogen-bond acceptors (Lipinski definition) is 5. The molecule has 88 valence electrons. The maximum Gasteiger partial charge on any atom is 0.346 e. The van der Waals surface area contributed by atoms with Crippen LogP contribution in [0.3, 0.4) is 0 Å². The van der Waals surface area contributed by atoms with E-state index in [1.807, 2.05) is 6.92 Å². The van der Waals surface area contributed by atoms with Gasteiger partial charge in [0.1, 0.15) is 11.3 Å². The molecule has 1 aromatic rings. The van der Waals surface area contributed by atoms with Crippen LogP contribution in [0.2, 0.25) is 0 Å². The molecular weight excluding hydrogens is 210 g/mol. The number of anilines is 1. The molecule has 0 aliphatic carbocycles. The van der Waals surface area contributed by atoms with Gasteiger partial charge in [-0.25, -0.2) is 4.79 Å². The van der Waals surface area contributed by atoms with Crippen molar-refractivity contribution in [3.63, 3.8) is 0 Å². The SMILES string of the molecule is CCOc1cccc(N)c1C(=O)OCOC. The number of methoxy groups -OCH3 is 1. The molecule has 0 aliphatic rings. The Labute approximate surface area is 94.1 Å². The van der Waals surface area contributed by atoms with Crippen LogP contribution in [-0.4, -0.2) is 26.5 Å². The molecule has 0 aliphatic heterocycles. The first-order valence-electron chi connectivity index (χ1n) is 4.88. The fourth-order valence-corrected chi connectivity index (χ4v) is 1.23. The van der Waals surface area contributed by atoms with Gasteiger partial charge in [0.25, 0.3) is 0 Å². The van der Waals surface area contributed by atoms with Gasteiger partial charge in [-0.1, -0.05) is 6.07 Å². The number of esters is 1. The first-order valence-corrected chi connectivity index (χ1v) is 4.88. The highest BCUT2D eigenvalue weighted by atomic mass is 16.7. The Kier molecular flexibility index (Phi) is 4.60. The van der Waals surface area contributed by atoms with E-state index in [0.717, 1.165) is 0 Å². The lowest BCUT2D eigenvalue weighted by molar-refractivity contribution is -0.0126. The van der Waals surface area contributed by atoms with Gasteiger partial charge in [-0.05, 0) is 19.1 Å². The lowest BCUT2D eigenvalue weighted by Crippen LogP contribution is -2.12. The van der Waals surface area contributed by atoms with E-state index in [1.165, 1.54) is 7.11 Å². The number of nitrogens with two attached hydrogens (primary N) is 1. The van der Waals surface area contributed by atoms with E-state index in [4.69, 9.17) is 15.2 Å². The molecule has 0 unspecified atom stereocenters. The summed E-state index contributed by atoms with van der Waals surface area (Å²) in [5.41, 5.74) is 6.27. The summed E-state index contributed by atoms with van der Waals surface area (Å²) in [6, 6.07) is 5.00. The zero-order valence-electron chi connectivity index (χ0n) is 9.36. The number of benzene rings is 1. The first-order chi connectivity index (χ1) is 7.70. The molecule has 0 spiro atoms. The fourth-order valence-electron chi connectivity index (χ4n) is 1.23. The predicted molar refractivity (Wildman–Crippen MR) is 59.3 cm³/mol. The largest absolute Gasteiger partial charge is 0.493 e. The van der Waals surface area contributed by atoms with E-state index >= 15 is 0 Å². The third kappa shape index (κ3) is 2.87. The number of ether oxygens (including phenoxy) is 3. The summed E-state index contributed by atoms with van der Waals surface area (Å²) in [5.74, 6) is -0.132. The number of hydrogen-bond donors (Lipinski definition) is 1. The third-order valence-corrected chi connectivity index (χ3v) is 1.87. The molecule has 0 atom stereocenters. The quantitative estimate of drug-likeness (QED) is 0.466. The minimum Gasteiger partial charge on any atom is -0.493 e. The molecular formula is C11H15NO4. The van der Waals surface area contributed by atoms with Crippen molar-refractivity contribution >= 4 is 11.7 Å². The highest BCUT2D eigenvalue weighted by Gasteiger charge is 2.17. The molecule has 0 saturated carbocycles. The van der Waals surface area contributed by atoms with Crippen molar-refractivity contribution in [2.75, 3.05) is 26.2 Å². The summed E-state index contributed by atoms with van der Waals surface area (Å²) in [6.45, 7) is 2.17. The van der Waals surface area contributed by atoms with Crippen LogP contribution in [0.15, 0.2) is 18.2 Å². The Morgan fingerprint density at radius 1 is 1.44 bits per heavy atom. The summed E-state index contributed by atoms with van der Waals surface area (Å²) >= 11 is 0. The number of carbonyl (C=O) groups is 1. The smallest absolute Gasteiger partial charge is 0.346 e. The maximum absolute atomic E-state index is 11.7. The van der Waals surface area contributed by atoms with Crippen LogP contribution < -0.4 is 10.5 Å². The molecule has 0 amide bonds. The molecule has 16 heavy (non-hydrogen) atoms. The number of nitrogen functional groups attached to an aromatic ring is 1. The summed E-state index contributed by atoms with van der Waals surface area (Å²) in [7, 11) is 1.44. The Morgan fingerprint density at radius 3 is 2.81 bits per heavy atom. The van der Waals surface area contributed by atoms with E-state index in [-0.39, 0.29) is 12.4 Å². The third-order valence-electron chi connectivity index (χ3n) is 1.87. The molecule has 1 rings (SSSR count). The van der Waals surface area contributed by atoms with Gasteiger partial charge in [-0.3, -0.25) is 0 Å². The second-order valence-electron chi connectivity index (χ2n) is 2.99. The molecule has 0 heterocycles.